The molecule has 0 bridgehead atoms. The van der Waals surface area contributed by atoms with Gasteiger partial charge in [-0.15, -0.1) is 0 Å². The van der Waals surface area contributed by atoms with E-state index in [9.17, 15) is 4.79 Å². The number of carbonyl (C=O) groups is 1. The van der Waals surface area contributed by atoms with Gasteiger partial charge in [0.25, 0.3) is 0 Å². The third kappa shape index (κ3) is 4.00. The lowest BCUT2D eigenvalue weighted by Gasteiger charge is -2.11. The van der Waals surface area contributed by atoms with E-state index in [4.69, 9.17) is 16.3 Å². The zero-order valence-electron chi connectivity index (χ0n) is 10.5. The summed E-state index contributed by atoms with van der Waals surface area (Å²) in [5.74, 6) is 0.523. The van der Waals surface area contributed by atoms with Gasteiger partial charge in [-0.1, -0.05) is 35.9 Å². The van der Waals surface area contributed by atoms with E-state index >= 15 is 0 Å². The van der Waals surface area contributed by atoms with Crippen molar-refractivity contribution in [3.8, 4) is 5.75 Å². The van der Waals surface area contributed by atoms with E-state index in [1.54, 1.807) is 6.07 Å². The van der Waals surface area contributed by atoms with Crippen LogP contribution in [0.3, 0.4) is 0 Å². The second-order valence-electron chi connectivity index (χ2n) is 4.09. The van der Waals surface area contributed by atoms with Gasteiger partial charge in [0.15, 0.2) is 0 Å². The van der Waals surface area contributed by atoms with Crippen molar-refractivity contribution in [2.24, 2.45) is 0 Å². The molecule has 0 saturated carbocycles. The van der Waals surface area contributed by atoms with E-state index < -0.39 is 0 Å². The monoisotopic (exact) mass is 275 g/mol. The topological polar surface area (TPSA) is 38.3 Å². The van der Waals surface area contributed by atoms with E-state index in [2.05, 4.69) is 5.32 Å². The SMILES string of the molecule is CC(=O)Nc1ccccc1OCc1ccc(Cl)cc1. The Labute approximate surface area is 117 Å². The van der Waals surface area contributed by atoms with Crippen molar-refractivity contribution in [3.05, 3.63) is 59.1 Å². The summed E-state index contributed by atoms with van der Waals surface area (Å²) in [6.45, 7) is 1.89. The van der Waals surface area contributed by atoms with E-state index in [-0.39, 0.29) is 5.91 Å². The summed E-state index contributed by atoms with van der Waals surface area (Å²) in [7, 11) is 0. The molecule has 0 aromatic heterocycles. The van der Waals surface area contributed by atoms with Gasteiger partial charge in [-0.25, -0.2) is 0 Å². The number of ether oxygens (including phenoxy) is 1. The van der Waals surface area contributed by atoms with Crippen molar-refractivity contribution in [1.82, 2.24) is 0 Å². The molecular weight excluding hydrogens is 262 g/mol. The summed E-state index contributed by atoms with van der Waals surface area (Å²) in [4.78, 5) is 11.1. The number of anilines is 1. The summed E-state index contributed by atoms with van der Waals surface area (Å²) in [6, 6.07) is 14.8. The highest BCUT2D eigenvalue weighted by Gasteiger charge is 2.04. The van der Waals surface area contributed by atoms with Gasteiger partial charge in [-0.2, -0.15) is 0 Å². The van der Waals surface area contributed by atoms with Crippen LogP contribution in [0.1, 0.15) is 12.5 Å². The third-order valence-corrected chi connectivity index (χ3v) is 2.76. The maximum absolute atomic E-state index is 11.1. The average molecular weight is 276 g/mol. The molecule has 0 unspecified atom stereocenters. The van der Waals surface area contributed by atoms with Crippen LogP contribution in [0, 0.1) is 0 Å². The maximum atomic E-state index is 11.1. The fraction of sp³-hybridized carbons (Fsp3) is 0.133. The van der Waals surface area contributed by atoms with Crippen molar-refractivity contribution in [1.29, 1.82) is 0 Å². The minimum absolute atomic E-state index is 0.123. The number of carbonyl (C=O) groups excluding carboxylic acids is 1. The first-order chi connectivity index (χ1) is 9.15. The second kappa shape index (κ2) is 6.25. The highest BCUT2D eigenvalue weighted by Crippen LogP contribution is 2.24. The molecule has 1 amide bonds. The Kier molecular flexibility index (Phi) is 4.42. The van der Waals surface area contributed by atoms with Crippen LogP contribution >= 0.6 is 11.6 Å². The Hall–Kier alpha value is -2.00. The predicted octanol–water partition coefficient (Wildman–Crippen LogP) is 3.88. The molecule has 2 aromatic carbocycles. The van der Waals surface area contributed by atoms with Crippen LogP contribution in [0.4, 0.5) is 5.69 Å². The molecule has 0 radical (unpaired) electrons. The molecular formula is C15H14ClNO2. The zero-order chi connectivity index (χ0) is 13.7. The number of rotatable bonds is 4. The molecule has 0 saturated heterocycles. The standard InChI is InChI=1S/C15H14ClNO2/c1-11(18)17-14-4-2-3-5-15(14)19-10-12-6-8-13(16)9-7-12/h2-9H,10H2,1H3,(H,17,18). The van der Waals surface area contributed by atoms with Crippen molar-refractivity contribution in [2.75, 3.05) is 5.32 Å². The first-order valence-electron chi connectivity index (χ1n) is 5.89. The Morgan fingerprint density at radius 3 is 2.53 bits per heavy atom. The molecule has 0 heterocycles. The minimum Gasteiger partial charge on any atom is -0.487 e. The minimum atomic E-state index is -0.123. The molecule has 1 N–H and O–H groups in total. The van der Waals surface area contributed by atoms with Gasteiger partial charge in [0.1, 0.15) is 12.4 Å². The first kappa shape index (κ1) is 13.4. The Balaban J connectivity index is 2.06. The van der Waals surface area contributed by atoms with Gasteiger partial charge in [-0.05, 0) is 29.8 Å². The van der Waals surface area contributed by atoms with Crippen LogP contribution in [0.15, 0.2) is 48.5 Å². The van der Waals surface area contributed by atoms with E-state index in [1.165, 1.54) is 6.92 Å². The van der Waals surface area contributed by atoms with Crippen molar-refractivity contribution in [2.45, 2.75) is 13.5 Å². The van der Waals surface area contributed by atoms with Crippen LogP contribution in [0.25, 0.3) is 0 Å². The van der Waals surface area contributed by atoms with Gasteiger partial charge < -0.3 is 10.1 Å². The second-order valence-corrected chi connectivity index (χ2v) is 4.53. The molecule has 4 heteroatoms. The molecule has 0 aliphatic heterocycles. The molecule has 0 spiro atoms. The van der Waals surface area contributed by atoms with Gasteiger partial charge in [0, 0.05) is 11.9 Å². The van der Waals surface area contributed by atoms with Gasteiger partial charge in [-0.3, -0.25) is 4.79 Å². The fourth-order valence-electron chi connectivity index (χ4n) is 1.63. The van der Waals surface area contributed by atoms with Crippen LogP contribution in [0.2, 0.25) is 5.02 Å². The molecule has 2 rings (SSSR count). The van der Waals surface area contributed by atoms with Crippen molar-refractivity contribution in [3.63, 3.8) is 0 Å². The first-order valence-corrected chi connectivity index (χ1v) is 6.27. The number of hydrogen-bond donors (Lipinski definition) is 1. The summed E-state index contributed by atoms with van der Waals surface area (Å²) in [5, 5.41) is 3.43. The molecule has 3 nitrogen and oxygen atoms in total. The lowest BCUT2D eigenvalue weighted by Crippen LogP contribution is -2.07. The Morgan fingerprint density at radius 1 is 1.16 bits per heavy atom. The maximum Gasteiger partial charge on any atom is 0.221 e. The smallest absolute Gasteiger partial charge is 0.221 e. The lowest BCUT2D eigenvalue weighted by molar-refractivity contribution is -0.114. The van der Waals surface area contributed by atoms with Crippen LogP contribution in [-0.2, 0) is 11.4 Å². The summed E-state index contributed by atoms with van der Waals surface area (Å²) in [6.07, 6.45) is 0. The number of benzene rings is 2. The van der Waals surface area contributed by atoms with E-state index in [0.717, 1.165) is 5.56 Å². The van der Waals surface area contributed by atoms with E-state index in [0.29, 0.717) is 23.1 Å². The largest absolute Gasteiger partial charge is 0.487 e. The van der Waals surface area contributed by atoms with Crippen LogP contribution in [0.5, 0.6) is 5.75 Å². The highest BCUT2D eigenvalue weighted by molar-refractivity contribution is 6.30. The number of halogens is 1. The third-order valence-electron chi connectivity index (χ3n) is 2.51. The number of hydrogen-bond acceptors (Lipinski definition) is 2. The molecule has 2 aromatic rings. The van der Waals surface area contributed by atoms with E-state index in [1.807, 2.05) is 42.5 Å². The Bertz CT molecular complexity index is 567. The Morgan fingerprint density at radius 2 is 1.84 bits per heavy atom. The molecule has 0 aliphatic rings. The fourth-order valence-corrected chi connectivity index (χ4v) is 1.75. The van der Waals surface area contributed by atoms with Gasteiger partial charge in [0.05, 0.1) is 5.69 Å². The molecule has 98 valence electrons. The highest BCUT2D eigenvalue weighted by atomic mass is 35.5. The summed E-state index contributed by atoms with van der Waals surface area (Å²) >= 11 is 5.82. The van der Waals surface area contributed by atoms with Gasteiger partial charge >= 0.3 is 0 Å². The zero-order valence-corrected chi connectivity index (χ0v) is 11.3. The summed E-state index contributed by atoms with van der Waals surface area (Å²) < 4.78 is 5.71. The molecule has 0 atom stereocenters. The predicted molar refractivity (Wildman–Crippen MR) is 76.5 cm³/mol. The normalized spacial score (nSPS) is 10.0. The number of para-hydroxylation sites is 2. The molecule has 0 aliphatic carbocycles. The van der Waals surface area contributed by atoms with Crippen LogP contribution < -0.4 is 10.1 Å². The number of nitrogens with one attached hydrogen (secondary N) is 1. The molecule has 0 fully saturated rings. The molecule has 19 heavy (non-hydrogen) atoms. The van der Waals surface area contributed by atoms with Crippen LogP contribution in [-0.4, -0.2) is 5.91 Å². The van der Waals surface area contributed by atoms with Crippen molar-refractivity contribution < 1.29 is 9.53 Å². The van der Waals surface area contributed by atoms with Crippen molar-refractivity contribution >= 4 is 23.2 Å². The summed E-state index contributed by atoms with van der Waals surface area (Å²) in [5.41, 5.74) is 1.69. The quantitative estimate of drug-likeness (QED) is 0.920. The van der Waals surface area contributed by atoms with Gasteiger partial charge in [0.2, 0.25) is 5.91 Å². The number of amides is 1. The lowest BCUT2D eigenvalue weighted by atomic mass is 10.2. The average Bonchev–Trinajstić information content (AvgIpc) is 2.39.